The van der Waals surface area contributed by atoms with Crippen molar-refractivity contribution in [3.63, 3.8) is 0 Å². The summed E-state index contributed by atoms with van der Waals surface area (Å²) in [7, 11) is 0. The van der Waals surface area contributed by atoms with Crippen LogP contribution in [0.3, 0.4) is 0 Å². The molecule has 106 valence electrons. The highest BCUT2D eigenvalue weighted by Crippen LogP contribution is 2.30. The molecule has 2 nitrogen and oxygen atoms in total. The van der Waals surface area contributed by atoms with Gasteiger partial charge in [-0.1, -0.05) is 19.9 Å². The lowest BCUT2D eigenvalue weighted by Crippen LogP contribution is -2.29. The summed E-state index contributed by atoms with van der Waals surface area (Å²) in [5.74, 6) is -0.0962. The third kappa shape index (κ3) is 3.27. The highest BCUT2D eigenvalue weighted by atomic mass is 19.1. The second kappa shape index (κ2) is 6.38. The number of nitrogens with zero attached hydrogens (tertiary/aromatic N) is 1. The molecule has 0 bridgehead atoms. The molecule has 0 saturated carbocycles. The Labute approximate surface area is 115 Å². The number of hydrogen-bond acceptors (Lipinski definition) is 2. The summed E-state index contributed by atoms with van der Waals surface area (Å²) in [5, 5.41) is 0. The first-order valence-corrected chi connectivity index (χ1v) is 7.46. The molecule has 2 N–H and O–H groups in total. The van der Waals surface area contributed by atoms with Crippen molar-refractivity contribution in [2.75, 3.05) is 11.4 Å². The molecule has 1 aromatic carbocycles. The SMILES string of the molecule is CCC(N)Cc1ccc(N2CCCC2CC)c(F)c1. The van der Waals surface area contributed by atoms with E-state index in [9.17, 15) is 4.39 Å². The van der Waals surface area contributed by atoms with E-state index in [2.05, 4.69) is 18.7 Å². The van der Waals surface area contributed by atoms with Gasteiger partial charge in [0, 0.05) is 18.6 Å². The van der Waals surface area contributed by atoms with Crippen LogP contribution < -0.4 is 10.6 Å². The molecule has 1 aliphatic heterocycles. The van der Waals surface area contributed by atoms with Crippen molar-refractivity contribution in [2.45, 2.75) is 58.0 Å². The first-order valence-electron chi connectivity index (χ1n) is 7.46. The van der Waals surface area contributed by atoms with E-state index >= 15 is 0 Å². The zero-order valence-electron chi connectivity index (χ0n) is 12.0. The first-order chi connectivity index (χ1) is 9.15. The topological polar surface area (TPSA) is 29.3 Å². The van der Waals surface area contributed by atoms with Crippen LogP contribution in [-0.2, 0) is 6.42 Å². The molecule has 2 rings (SSSR count). The quantitative estimate of drug-likeness (QED) is 0.882. The Balaban J connectivity index is 2.15. The van der Waals surface area contributed by atoms with Crippen LogP contribution in [0.2, 0.25) is 0 Å². The molecule has 0 aliphatic carbocycles. The Kier molecular flexibility index (Phi) is 4.81. The number of hydrogen-bond donors (Lipinski definition) is 1. The summed E-state index contributed by atoms with van der Waals surface area (Å²) in [5.41, 5.74) is 7.69. The number of halogens is 1. The van der Waals surface area contributed by atoms with Gasteiger partial charge in [-0.2, -0.15) is 0 Å². The minimum Gasteiger partial charge on any atom is -0.366 e. The third-order valence-electron chi connectivity index (χ3n) is 4.19. The Morgan fingerprint density at radius 1 is 1.42 bits per heavy atom. The largest absolute Gasteiger partial charge is 0.366 e. The maximum atomic E-state index is 14.3. The van der Waals surface area contributed by atoms with Crippen molar-refractivity contribution < 1.29 is 4.39 Å². The smallest absolute Gasteiger partial charge is 0.146 e. The number of anilines is 1. The van der Waals surface area contributed by atoms with Crippen molar-refractivity contribution in [3.05, 3.63) is 29.6 Å². The maximum Gasteiger partial charge on any atom is 0.146 e. The van der Waals surface area contributed by atoms with Crippen molar-refractivity contribution in [1.29, 1.82) is 0 Å². The van der Waals surface area contributed by atoms with Crippen molar-refractivity contribution in [3.8, 4) is 0 Å². The Morgan fingerprint density at radius 2 is 2.21 bits per heavy atom. The van der Waals surface area contributed by atoms with Gasteiger partial charge in [-0.05, 0) is 49.8 Å². The fourth-order valence-corrected chi connectivity index (χ4v) is 2.93. The van der Waals surface area contributed by atoms with Gasteiger partial charge >= 0.3 is 0 Å². The second-order valence-corrected chi connectivity index (χ2v) is 5.56. The third-order valence-corrected chi connectivity index (χ3v) is 4.19. The van der Waals surface area contributed by atoms with Gasteiger partial charge in [0.25, 0.3) is 0 Å². The van der Waals surface area contributed by atoms with Gasteiger partial charge in [-0.3, -0.25) is 0 Å². The summed E-state index contributed by atoms with van der Waals surface area (Å²) in [4.78, 5) is 2.22. The van der Waals surface area contributed by atoms with Gasteiger partial charge < -0.3 is 10.6 Å². The van der Waals surface area contributed by atoms with Gasteiger partial charge in [0.2, 0.25) is 0 Å². The molecular formula is C16H25FN2. The van der Waals surface area contributed by atoms with E-state index in [1.54, 1.807) is 6.07 Å². The molecule has 1 fully saturated rings. The van der Waals surface area contributed by atoms with Crippen LogP contribution in [-0.4, -0.2) is 18.6 Å². The maximum absolute atomic E-state index is 14.3. The molecule has 2 unspecified atom stereocenters. The van der Waals surface area contributed by atoms with Gasteiger partial charge in [-0.15, -0.1) is 0 Å². The zero-order chi connectivity index (χ0) is 13.8. The molecule has 0 amide bonds. The Morgan fingerprint density at radius 3 is 2.84 bits per heavy atom. The number of nitrogens with two attached hydrogens (primary N) is 1. The molecule has 0 radical (unpaired) electrons. The predicted octanol–water partition coefficient (Wildman–Crippen LogP) is 3.48. The van der Waals surface area contributed by atoms with Crippen LogP contribution in [0.4, 0.5) is 10.1 Å². The van der Waals surface area contributed by atoms with Crippen LogP contribution in [0.25, 0.3) is 0 Å². The molecule has 3 heteroatoms. The molecule has 1 aliphatic rings. The Bertz CT molecular complexity index is 419. The molecule has 0 aromatic heterocycles. The highest BCUT2D eigenvalue weighted by molar-refractivity contribution is 5.51. The van der Waals surface area contributed by atoms with Crippen LogP contribution >= 0.6 is 0 Å². The van der Waals surface area contributed by atoms with Gasteiger partial charge in [0.05, 0.1) is 5.69 Å². The molecule has 1 heterocycles. The lowest BCUT2D eigenvalue weighted by molar-refractivity contribution is 0.591. The van der Waals surface area contributed by atoms with Crippen LogP contribution in [0.1, 0.15) is 45.1 Å². The first kappa shape index (κ1) is 14.3. The van der Waals surface area contributed by atoms with E-state index in [-0.39, 0.29) is 11.9 Å². The summed E-state index contributed by atoms with van der Waals surface area (Å²) in [6.07, 6.45) is 5.11. The fourth-order valence-electron chi connectivity index (χ4n) is 2.93. The van der Waals surface area contributed by atoms with E-state index < -0.39 is 0 Å². The standard InChI is InChI=1S/C16H25FN2/c1-3-13(18)10-12-7-8-16(15(17)11-12)19-9-5-6-14(19)4-2/h7-8,11,13-14H,3-6,9-10,18H2,1-2H3. The fraction of sp³-hybridized carbons (Fsp3) is 0.625. The van der Waals surface area contributed by atoms with Crippen LogP contribution in [0, 0.1) is 5.82 Å². The van der Waals surface area contributed by atoms with E-state index in [1.807, 2.05) is 12.1 Å². The Hall–Kier alpha value is -1.09. The van der Waals surface area contributed by atoms with E-state index in [4.69, 9.17) is 5.73 Å². The van der Waals surface area contributed by atoms with Gasteiger partial charge in [0.15, 0.2) is 0 Å². The highest BCUT2D eigenvalue weighted by Gasteiger charge is 2.25. The van der Waals surface area contributed by atoms with Crippen LogP contribution in [0.5, 0.6) is 0 Å². The molecule has 2 atom stereocenters. The minimum absolute atomic E-state index is 0.0962. The van der Waals surface area contributed by atoms with Crippen molar-refractivity contribution in [2.24, 2.45) is 5.73 Å². The predicted molar refractivity (Wildman–Crippen MR) is 79.0 cm³/mol. The van der Waals surface area contributed by atoms with E-state index in [0.717, 1.165) is 37.1 Å². The lowest BCUT2D eigenvalue weighted by atomic mass is 10.0. The van der Waals surface area contributed by atoms with Crippen molar-refractivity contribution >= 4 is 5.69 Å². The number of benzene rings is 1. The van der Waals surface area contributed by atoms with Crippen molar-refractivity contribution in [1.82, 2.24) is 0 Å². The second-order valence-electron chi connectivity index (χ2n) is 5.56. The van der Waals surface area contributed by atoms with Crippen LogP contribution in [0.15, 0.2) is 18.2 Å². The normalized spacial score (nSPS) is 20.8. The van der Waals surface area contributed by atoms with Gasteiger partial charge in [-0.25, -0.2) is 4.39 Å². The minimum atomic E-state index is -0.0962. The number of rotatable bonds is 5. The van der Waals surface area contributed by atoms with Gasteiger partial charge in [0.1, 0.15) is 5.82 Å². The molecule has 1 saturated heterocycles. The average molecular weight is 264 g/mol. The summed E-state index contributed by atoms with van der Waals surface area (Å²) in [6.45, 7) is 5.21. The summed E-state index contributed by atoms with van der Waals surface area (Å²) < 4.78 is 14.3. The summed E-state index contributed by atoms with van der Waals surface area (Å²) in [6, 6.07) is 6.24. The molecule has 1 aromatic rings. The summed E-state index contributed by atoms with van der Waals surface area (Å²) >= 11 is 0. The van der Waals surface area contributed by atoms with E-state index in [1.165, 1.54) is 12.8 Å². The average Bonchev–Trinajstić information content (AvgIpc) is 2.87. The monoisotopic (exact) mass is 264 g/mol. The molecule has 0 spiro atoms. The van der Waals surface area contributed by atoms with E-state index in [0.29, 0.717) is 6.04 Å². The molecule has 19 heavy (non-hydrogen) atoms. The zero-order valence-corrected chi connectivity index (χ0v) is 12.0. The lowest BCUT2D eigenvalue weighted by Gasteiger charge is -2.26. The molecular weight excluding hydrogens is 239 g/mol.